The maximum absolute atomic E-state index is 12.8. The zero-order valence-corrected chi connectivity index (χ0v) is 27.0. The van der Waals surface area contributed by atoms with Gasteiger partial charge in [-0.1, -0.05) is 24.8 Å². The molecule has 1 aromatic heterocycles. The summed E-state index contributed by atoms with van der Waals surface area (Å²) in [4.78, 5) is 12.5. The van der Waals surface area contributed by atoms with Gasteiger partial charge in [-0.2, -0.15) is 5.11 Å². The van der Waals surface area contributed by atoms with Gasteiger partial charge in [0, 0.05) is 16.9 Å². The molecule has 0 bridgehead atoms. The Hall–Kier alpha value is -2.74. The molecule has 3 aromatic carbocycles. The molecule has 4 rings (SSSR count). The number of nitrogens with zero attached hydrogens (tertiary/aromatic N) is 4. The third kappa shape index (κ3) is 8.40. The number of benzene rings is 3. The molecule has 41 heavy (non-hydrogen) atoms. The van der Waals surface area contributed by atoms with Crippen LogP contribution in [-0.4, -0.2) is 29.0 Å². The van der Waals surface area contributed by atoms with Gasteiger partial charge in [0.25, 0.3) is 15.6 Å². The largest absolute Gasteiger partial charge is 2.00 e. The third-order valence-corrected chi connectivity index (χ3v) is 7.08. The van der Waals surface area contributed by atoms with Crippen molar-refractivity contribution in [2.75, 3.05) is 11.8 Å². The molecule has 0 aliphatic rings. The topological polar surface area (TPSA) is 189 Å². The van der Waals surface area contributed by atoms with Crippen molar-refractivity contribution in [1.82, 2.24) is 9.78 Å². The summed E-state index contributed by atoms with van der Waals surface area (Å²) in [6, 6.07) is 15.0. The molecule has 1 unspecified atom stereocenters. The number of aryl methyl sites for hydroxylation is 1. The standard InChI is InChI=1S/C23H21N5O8S3.Co.Na/c1-14-22(23(30)28(26-14)15-7-9-16(10-8-15)36-39(33,34)37)25-24-18-12-11-17(13-20(18)29)38(31,32)27-19-5-3-4-6-21(19)35-2;;/h3-13,27H,1-2H3,(H3,24,25,26,29,30,33,34,37);;/q;+2;+1/p-3. The zero-order valence-electron chi connectivity index (χ0n) is 21.5. The molecular weight excluding hydrogens is 652 g/mol. The number of anilines is 1. The van der Waals surface area contributed by atoms with E-state index in [9.17, 15) is 27.1 Å². The van der Waals surface area contributed by atoms with E-state index in [4.69, 9.17) is 4.74 Å². The van der Waals surface area contributed by atoms with Crippen molar-refractivity contribution < 1.29 is 77.5 Å². The maximum atomic E-state index is 12.8. The van der Waals surface area contributed by atoms with Crippen molar-refractivity contribution in [2.45, 2.75) is 11.8 Å². The maximum Gasteiger partial charge on any atom is 2.00 e. The Balaban J connectivity index is 0.00000294. The average Bonchev–Trinajstić information content (AvgIpc) is 3.15. The molecule has 0 fully saturated rings. The monoisotopic (exact) mass is 670 g/mol. The zero-order chi connectivity index (χ0) is 28.4. The fraction of sp³-hybridized carbons (Fsp3) is 0.0870. The third-order valence-electron chi connectivity index (χ3n) is 5.12. The van der Waals surface area contributed by atoms with Crippen LogP contribution in [0.5, 0.6) is 17.2 Å². The van der Waals surface area contributed by atoms with Gasteiger partial charge in [0.15, 0.2) is 0 Å². The van der Waals surface area contributed by atoms with Crippen molar-refractivity contribution in [3.63, 3.8) is 0 Å². The predicted octanol–water partition coefficient (Wildman–Crippen LogP) is -0.426. The summed E-state index contributed by atoms with van der Waals surface area (Å²) in [5.74, 6) is -0.491. The normalized spacial score (nSPS) is 12.6. The second kappa shape index (κ2) is 13.9. The van der Waals surface area contributed by atoms with Gasteiger partial charge in [0.2, 0.25) is 0 Å². The van der Waals surface area contributed by atoms with Crippen molar-refractivity contribution in [3.05, 3.63) is 82.8 Å². The summed E-state index contributed by atoms with van der Waals surface area (Å²) < 4.78 is 60.8. The van der Waals surface area contributed by atoms with Crippen LogP contribution in [0.1, 0.15) is 5.69 Å². The first-order valence-electron chi connectivity index (χ1n) is 10.8. The van der Waals surface area contributed by atoms with Crippen LogP contribution in [-0.2, 0) is 47.0 Å². The van der Waals surface area contributed by atoms with Crippen LogP contribution in [0, 0.1) is 6.92 Å². The molecule has 1 heterocycles. The number of sulfonamides is 1. The van der Waals surface area contributed by atoms with E-state index in [2.05, 4.69) is 35.4 Å². The number of methoxy groups -OCH3 is 1. The van der Waals surface area contributed by atoms with E-state index in [1.807, 2.05) is 0 Å². The molecule has 4 aromatic rings. The van der Waals surface area contributed by atoms with E-state index in [-0.39, 0.29) is 85.4 Å². The van der Waals surface area contributed by atoms with Crippen LogP contribution in [0.3, 0.4) is 0 Å². The van der Waals surface area contributed by atoms with Crippen LogP contribution in [0.2, 0.25) is 0 Å². The minimum absolute atomic E-state index is 0. The first-order chi connectivity index (χ1) is 18.4. The summed E-state index contributed by atoms with van der Waals surface area (Å²) in [7, 11) is -6.85. The summed E-state index contributed by atoms with van der Waals surface area (Å²) in [5, 5.41) is 24.4. The first-order valence-corrected chi connectivity index (χ1v) is 14.6. The summed E-state index contributed by atoms with van der Waals surface area (Å²) in [5.41, 5.74) is -0.348. The number of ether oxygens (including phenoxy) is 1. The van der Waals surface area contributed by atoms with E-state index >= 15 is 0 Å². The smallest absolute Gasteiger partial charge is 0.871 e. The average molecular weight is 671 g/mol. The van der Waals surface area contributed by atoms with Gasteiger partial charge in [-0.15, -0.1) is 10.8 Å². The molecule has 0 aliphatic carbocycles. The summed E-state index contributed by atoms with van der Waals surface area (Å²) in [6.45, 7) is 1.50. The fourth-order valence-corrected chi connectivity index (χ4v) is 5.00. The number of nitrogens with one attached hydrogen (secondary N) is 1. The predicted molar refractivity (Wildman–Crippen MR) is 141 cm³/mol. The van der Waals surface area contributed by atoms with E-state index < -0.39 is 30.4 Å². The van der Waals surface area contributed by atoms with Crippen molar-refractivity contribution in [1.29, 1.82) is 0 Å². The molecule has 1 atom stereocenters. The molecule has 1 radical (unpaired) electrons. The molecule has 0 saturated carbocycles. The van der Waals surface area contributed by atoms with Crippen LogP contribution >= 0.6 is 0 Å². The molecule has 0 spiro atoms. The van der Waals surface area contributed by atoms with Crippen LogP contribution < -0.4 is 59.0 Å². The molecule has 0 saturated heterocycles. The SMILES string of the molecule is COc1ccccc1NS(=O)(=O)c1ccc(N=Nc2c(C)[n-]n(-c3ccc(OS(=O)([O-])=S)cc3)c2=O)c([O-])c1.[Co+2].[Na+]. The van der Waals surface area contributed by atoms with Crippen molar-refractivity contribution >= 4 is 47.3 Å². The Morgan fingerprint density at radius 3 is 2.29 bits per heavy atom. The number of para-hydroxylation sites is 2. The Kier molecular flexibility index (Phi) is 11.7. The molecule has 211 valence electrons. The van der Waals surface area contributed by atoms with Gasteiger partial charge >= 0.3 is 46.3 Å². The molecule has 13 nitrogen and oxygen atoms in total. The molecule has 0 aliphatic heterocycles. The van der Waals surface area contributed by atoms with E-state index in [1.165, 1.54) is 56.5 Å². The Morgan fingerprint density at radius 2 is 1.68 bits per heavy atom. The van der Waals surface area contributed by atoms with E-state index in [0.29, 0.717) is 5.75 Å². The van der Waals surface area contributed by atoms with E-state index in [0.717, 1.165) is 10.7 Å². The first kappa shape index (κ1) is 34.5. The molecule has 18 heteroatoms. The van der Waals surface area contributed by atoms with Gasteiger partial charge < -0.3 is 28.4 Å². The quantitative estimate of drug-likeness (QED) is 0.181. The number of azo groups is 1. The minimum Gasteiger partial charge on any atom is -0.871 e. The Labute approximate surface area is 272 Å². The number of aromatic nitrogens is 2. The molecule has 1 N–H and O–H groups in total. The van der Waals surface area contributed by atoms with Gasteiger partial charge in [-0.05, 0) is 54.6 Å². The number of rotatable bonds is 9. The molecular formula is C23H18CoN5NaO8S3. The molecule has 0 amide bonds. The van der Waals surface area contributed by atoms with Crippen molar-refractivity contribution in [2.24, 2.45) is 10.2 Å². The minimum atomic E-state index is -4.13. The van der Waals surface area contributed by atoms with Gasteiger partial charge in [-0.25, -0.2) is 12.6 Å². The van der Waals surface area contributed by atoms with Gasteiger partial charge in [0.05, 0.1) is 23.4 Å². The fourth-order valence-electron chi connectivity index (χ4n) is 3.33. The van der Waals surface area contributed by atoms with Gasteiger partial charge in [0.1, 0.15) is 26.2 Å². The second-order valence-electron chi connectivity index (χ2n) is 7.77. The summed E-state index contributed by atoms with van der Waals surface area (Å²) in [6.07, 6.45) is 0. The number of hydrogen-bond acceptors (Lipinski definition) is 11. The van der Waals surface area contributed by atoms with Crippen LogP contribution in [0.4, 0.5) is 17.1 Å². The van der Waals surface area contributed by atoms with Gasteiger partial charge in [-0.3, -0.25) is 9.52 Å². The van der Waals surface area contributed by atoms with Crippen LogP contribution in [0.15, 0.2) is 86.6 Å². The van der Waals surface area contributed by atoms with E-state index in [1.54, 1.807) is 18.2 Å². The van der Waals surface area contributed by atoms with Crippen LogP contribution in [0.25, 0.3) is 5.69 Å². The van der Waals surface area contributed by atoms with Crippen molar-refractivity contribution in [3.8, 4) is 22.9 Å². The Bertz CT molecular complexity index is 1840. The number of hydrogen-bond donors (Lipinski definition) is 1. The second-order valence-corrected chi connectivity index (χ2v) is 11.7. The summed E-state index contributed by atoms with van der Waals surface area (Å²) >= 11 is 4.17. The Morgan fingerprint density at radius 1 is 1.02 bits per heavy atom.